The van der Waals surface area contributed by atoms with Crippen LogP contribution in [0, 0.1) is 6.92 Å². The first-order valence-corrected chi connectivity index (χ1v) is 8.87. The van der Waals surface area contributed by atoms with Crippen LogP contribution >= 0.6 is 11.3 Å². The van der Waals surface area contributed by atoms with E-state index in [-0.39, 0.29) is 18.7 Å². The van der Waals surface area contributed by atoms with Gasteiger partial charge in [0.1, 0.15) is 0 Å². The standard InChI is InChI=1S/C18H22N2O3S/c1-3-18(17(22)23,14-8-5-4-6-9-14)20-16(21)11-7-10-15-12-24-13(2)19-15/h4-6,8-9,12H,3,7,10-11H2,1-2H3,(H,20,21)(H,22,23). The van der Waals surface area contributed by atoms with E-state index in [0.717, 1.165) is 17.1 Å². The van der Waals surface area contributed by atoms with Crippen LogP contribution in [0.5, 0.6) is 0 Å². The van der Waals surface area contributed by atoms with E-state index in [1.165, 1.54) is 0 Å². The largest absolute Gasteiger partial charge is 0.479 e. The van der Waals surface area contributed by atoms with Crippen LogP contribution in [0.3, 0.4) is 0 Å². The van der Waals surface area contributed by atoms with Crippen LogP contribution in [0.15, 0.2) is 35.7 Å². The number of hydrogen-bond donors (Lipinski definition) is 2. The van der Waals surface area contributed by atoms with Gasteiger partial charge in [-0.25, -0.2) is 9.78 Å². The fourth-order valence-electron chi connectivity index (χ4n) is 2.67. The van der Waals surface area contributed by atoms with E-state index in [1.807, 2.05) is 18.4 Å². The number of thiazole rings is 1. The number of carbonyl (C=O) groups is 2. The van der Waals surface area contributed by atoms with Gasteiger partial charge >= 0.3 is 5.97 Å². The molecule has 6 heteroatoms. The molecule has 0 fully saturated rings. The normalized spacial score (nSPS) is 13.2. The molecule has 0 radical (unpaired) electrons. The zero-order valence-electron chi connectivity index (χ0n) is 13.9. The average molecular weight is 346 g/mol. The Morgan fingerprint density at radius 1 is 1.29 bits per heavy atom. The third kappa shape index (κ3) is 4.20. The first-order valence-electron chi connectivity index (χ1n) is 7.99. The fraction of sp³-hybridized carbons (Fsp3) is 0.389. The Balaban J connectivity index is 2.01. The summed E-state index contributed by atoms with van der Waals surface area (Å²) in [5.41, 5.74) is 0.187. The van der Waals surface area contributed by atoms with Crippen molar-refractivity contribution in [3.05, 3.63) is 52.0 Å². The summed E-state index contributed by atoms with van der Waals surface area (Å²) >= 11 is 1.59. The van der Waals surface area contributed by atoms with Gasteiger partial charge in [-0.1, -0.05) is 37.3 Å². The van der Waals surface area contributed by atoms with Crippen molar-refractivity contribution in [1.82, 2.24) is 10.3 Å². The highest BCUT2D eigenvalue weighted by atomic mass is 32.1. The number of aliphatic carboxylic acids is 1. The van der Waals surface area contributed by atoms with Gasteiger partial charge in [-0.05, 0) is 31.7 Å². The van der Waals surface area contributed by atoms with Crippen molar-refractivity contribution in [2.24, 2.45) is 0 Å². The van der Waals surface area contributed by atoms with Gasteiger partial charge in [-0.15, -0.1) is 11.3 Å². The van der Waals surface area contributed by atoms with Crippen LogP contribution in [-0.4, -0.2) is 22.0 Å². The van der Waals surface area contributed by atoms with E-state index in [0.29, 0.717) is 12.0 Å². The molecule has 1 aromatic heterocycles. The molecule has 0 bridgehead atoms. The highest BCUT2D eigenvalue weighted by molar-refractivity contribution is 7.09. The molecule has 128 valence electrons. The van der Waals surface area contributed by atoms with Crippen LogP contribution < -0.4 is 5.32 Å². The van der Waals surface area contributed by atoms with Gasteiger partial charge in [-0.3, -0.25) is 4.79 Å². The number of aryl methyl sites for hydroxylation is 2. The van der Waals surface area contributed by atoms with E-state index in [1.54, 1.807) is 42.5 Å². The molecule has 0 saturated carbocycles. The number of amides is 1. The smallest absolute Gasteiger partial charge is 0.334 e. The average Bonchev–Trinajstić information content (AvgIpc) is 2.98. The highest BCUT2D eigenvalue weighted by Crippen LogP contribution is 2.25. The summed E-state index contributed by atoms with van der Waals surface area (Å²) in [5, 5.41) is 15.4. The Hall–Kier alpha value is -2.21. The van der Waals surface area contributed by atoms with Crippen LogP contribution in [0.2, 0.25) is 0 Å². The van der Waals surface area contributed by atoms with Gasteiger partial charge in [0.15, 0.2) is 5.54 Å². The summed E-state index contributed by atoms with van der Waals surface area (Å²) in [6.45, 7) is 3.71. The second kappa shape index (κ2) is 8.06. The molecule has 1 unspecified atom stereocenters. The molecule has 1 aromatic carbocycles. The zero-order chi connectivity index (χ0) is 17.6. The number of aromatic nitrogens is 1. The Bertz CT molecular complexity index is 699. The van der Waals surface area contributed by atoms with Crippen molar-refractivity contribution in [3.8, 4) is 0 Å². The summed E-state index contributed by atoms with van der Waals surface area (Å²) in [6.07, 6.45) is 1.92. The third-order valence-electron chi connectivity index (χ3n) is 4.02. The lowest BCUT2D eigenvalue weighted by Crippen LogP contribution is -2.51. The Morgan fingerprint density at radius 3 is 2.54 bits per heavy atom. The molecule has 0 aliphatic heterocycles. The lowest BCUT2D eigenvalue weighted by Gasteiger charge is -2.30. The third-order valence-corrected chi connectivity index (χ3v) is 4.84. The summed E-state index contributed by atoms with van der Waals surface area (Å²) in [7, 11) is 0. The Kier molecular flexibility index (Phi) is 6.09. The molecule has 2 aromatic rings. The number of hydrogen-bond acceptors (Lipinski definition) is 4. The molecule has 0 saturated heterocycles. The van der Waals surface area contributed by atoms with Crippen molar-refractivity contribution < 1.29 is 14.7 Å². The predicted octanol–water partition coefficient (Wildman–Crippen LogP) is 3.28. The lowest BCUT2D eigenvalue weighted by atomic mass is 9.87. The Morgan fingerprint density at radius 2 is 2.00 bits per heavy atom. The number of carboxylic acids is 1. The molecule has 2 N–H and O–H groups in total. The maximum absolute atomic E-state index is 12.3. The number of nitrogens with one attached hydrogen (secondary N) is 1. The molecule has 0 spiro atoms. The number of rotatable bonds is 8. The monoisotopic (exact) mass is 346 g/mol. The first-order chi connectivity index (χ1) is 11.5. The summed E-state index contributed by atoms with van der Waals surface area (Å²) in [5.74, 6) is -1.30. The number of carbonyl (C=O) groups excluding carboxylic acids is 1. The quantitative estimate of drug-likeness (QED) is 0.769. The minimum Gasteiger partial charge on any atom is -0.479 e. The molecule has 24 heavy (non-hydrogen) atoms. The van der Waals surface area contributed by atoms with Gasteiger partial charge in [0.05, 0.1) is 10.7 Å². The molecule has 1 heterocycles. The summed E-state index contributed by atoms with van der Waals surface area (Å²) in [4.78, 5) is 28.5. The molecule has 1 atom stereocenters. The minimum atomic E-state index is -1.38. The second-order valence-electron chi connectivity index (χ2n) is 5.69. The van der Waals surface area contributed by atoms with Gasteiger partial charge < -0.3 is 10.4 Å². The molecule has 5 nitrogen and oxygen atoms in total. The molecule has 2 rings (SSSR count). The number of carboxylic acid groups (broad SMARTS) is 1. The summed E-state index contributed by atoms with van der Waals surface area (Å²) < 4.78 is 0. The van der Waals surface area contributed by atoms with Crippen molar-refractivity contribution in [2.75, 3.05) is 0 Å². The van der Waals surface area contributed by atoms with Crippen molar-refractivity contribution in [1.29, 1.82) is 0 Å². The zero-order valence-corrected chi connectivity index (χ0v) is 14.7. The van der Waals surface area contributed by atoms with Crippen LogP contribution in [0.1, 0.15) is 42.5 Å². The van der Waals surface area contributed by atoms with E-state index >= 15 is 0 Å². The van der Waals surface area contributed by atoms with Crippen molar-refractivity contribution in [2.45, 2.75) is 45.1 Å². The van der Waals surface area contributed by atoms with Gasteiger partial charge in [0.25, 0.3) is 0 Å². The van der Waals surface area contributed by atoms with Crippen molar-refractivity contribution >= 4 is 23.2 Å². The van der Waals surface area contributed by atoms with Crippen LogP contribution in [-0.2, 0) is 21.5 Å². The van der Waals surface area contributed by atoms with Crippen molar-refractivity contribution in [3.63, 3.8) is 0 Å². The fourth-order valence-corrected chi connectivity index (χ4v) is 3.32. The lowest BCUT2D eigenvalue weighted by molar-refractivity contribution is -0.148. The van der Waals surface area contributed by atoms with E-state index in [9.17, 15) is 14.7 Å². The summed E-state index contributed by atoms with van der Waals surface area (Å²) in [6, 6.07) is 8.84. The predicted molar refractivity (Wildman–Crippen MR) is 94.0 cm³/mol. The molecule has 0 aliphatic carbocycles. The van der Waals surface area contributed by atoms with Crippen LogP contribution in [0.4, 0.5) is 0 Å². The molecular formula is C18H22N2O3S. The number of benzene rings is 1. The molecule has 1 amide bonds. The maximum atomic E-state index is 12.3. The van der Waals surface area contributed by atoms with Crippen LogP contribution in [0.25, 0.3) is 0 Å². The van der Waals surface area contributed by atoms with E-state index in [2.05, 4.69) is 10.3 Å². The second-order valence-corrected chi connectivity index (χ2v) is 6.75. The molecular weight excluding hydrogens is 324 g/mol. The topological polar surface area (TPSA) is 79.3 Å². The van der Waals surface area contributed by atoms with Gasteiger partial charge in [-0.2, -0.15) is 0 Å². The van der Waals surface area contributed by atoms with E-state index in [4.69, 9.17) is 0 Å². The van der Waals surface area contributed by atoms with Gasteiger partial charge in [0, 0.05) is 11.8 Å². The van der Waals surface area contributed by atoms with Gasteiger partial charge in [0.2, 0.25) is 5.91 Å². The minimum absolute atomic E-state index is 0.255. The number of nitrogens with zero attached hydrogens (tertiary/aromatic N) is 1. The maximum Gasteiger partial charge on any atom is 0.334 e. The SMILES string of the molecule is CCC(NC(=O)CCCc1csc(C)n1)(C(=O)O)c1ccccc1. The first kappa shape index (κ1) is 18.1. The Labute approximate surface area is 145 Å². The highest BCUT2D eigenvalue weighted by Gasteiger charge is 2.39. The molecule has 0 aliphatic rings. The van der Waals surface area contributed by atoms with E-state index < -0.39 is 11.5 Å².